The molecular weight excluding hydrogens is 378 g/mol. The Morgan fingerprint density at radius 3 is 2.69 bits per heavy atom. The maximum atomic E-state index is 13.3. The van der Waals surface area contributed by atoms with Crippen molar-refractivity contribution in [2.24, 2.45) is 0 Å². The first-order valence-corrected chi connectivity index (χ1v) is 9.08. The van der Waals surface area contributed by atoms with Gasteiger partial charge in [-0.25, -0.2) is 8.78 Å². The number of amides is 1. The fraction of sp³-hybridized carbons (Fsp3) is 0.238. The molecule has 0 bridgehead atoms. The average Bonchev–Trinajstić information content (AvgIpc) is 2.75. The van der Waals surface area contributed by atoms with Crippen molar-refractivity contribution in [3.05, 3.63) is 77.0 Å². The number of hydrogen-bond acceptors (Lipinski definition) is 5. The minimum atomic E-state index is -0.558. The summed E-state index contributed by atoms with van der Waals surface area (Å²) in [4.78, 5) is 19.4. The second-order valence-electron chi connectivity index (χ2n) is 6.50. The molecule has 0 atom stereocenters. The predicted molar refractivity (Wildman–Crippen MR) is 103 cm³/mol. The first-order chi connectivity index (χ1) is 14.0. The summed E-state index contributed by atoms with van der Waals surface area (Å²) in [5, 5.41) is 11.8. The van der Waals surface area contributed by atoms with Crippen molar-refractivity contribution in [2.75, 3.05) is 25.0 Å². The molecule has 0 unspecified atom stereocenters. The standard InChI is InChI=1S/C21H20F2N4O2/c22-17-2-4-18(5-3-17)25-13-21(28)27-9-7-19(8-10-27)26-29-14-15-1-6-20(23)16(11-15)12-24/h1-7,11,25-26H,8-10,13-14H2. The van der Waals surface area contributed by atoms with Gasteiger partial charge in [-0.3, -0.25) is 15.1 Å². The fourth-order valence-corrected chi connectivity index (χ4v) is 2.81. The monoisotopic (exact) mass is 398 g/mol. The van der Waals surface area contributed by atoms with Crippen LogP contribution in [0.3, 0.4) is 0 Å². The highest BCUT2D eigenvalue weighted by Gasteiger charge is 2.17. The number of hydroxylamine groups is 1. The lowest BCUT2D eigenvalue weighted by Crippen LogP contribution is -2.39. The summed E-state index contributed by atoms with van der Waals surface area (Å²) < 4.78 is 26.2. The lowest BCUT2D eigenvalue weighted by atomic mass is 10.1. The zero-order valence-corrected chi connectivity index (χ0v) is 15.6. The minimum Gasteiger partial charge on any atom is -0.376 e. The zero-order chi connectivity index (χ0) is 20.6. The number of carbonyl (C=O) groups excluding carboxylic acids is 1. The van der Waals surface area contributed by atoms with Gasteiger partial charge in [0.25, 0.3) is 0 Å². The largest absolute Gasteiger partial charge is 0.376 e. The average molecular weight is 398 g/mol. The number of nitriles is 1. The van der Waals surface area contributed by atoms with Crippen LogP contribution in [-0.2, 0) is 16.2 Å². The maximum absolute atomic E-state index is 13.3. The summed E-state index contributed by atoms with van der Waals surface area (Å²) >= 11 is 0. The van der Waals surface area contributed by atoms with E-state index < -0.39 is 5.82 Å². The summed E-state index contributed by atoms with van der Waals surface area (Å²) in [5.41, 5.74) is 5.03. The first kappa shape index (κ1) is 20.3. The number of benzene rings is 2. The molecule has 1 amide bonds. The first-order valence-electron chi connectivity index (χ1n) is 9.08. The van der Waals surface area contributed by atoms with Crippen LogP contribution in [0.1, 0.15) is 17.5 Å². The smallest absolute Gasteiger partial charge is 0.242 e. The lowest BCUT2D eigenvalue weighted by Gasteiger charge is -2.27. The van der Waals surface area contributed by atoms with Gasteiger partial charge >= 0.3 is 0 Å². The van der Waals surface area contributed by atoms with Crippen LogP contribution in [0, 0.1) is 23.0 Å². The van der Waals surface area contributed by atoms with E-state index in [1.54, 1.807) is 29.2 Å². The van der Waals surface area contributed by atoms with Crippen molar-refractivity contribution in [1.82, 2.24) is 10.4 Å². The fourth-order valence-electron chi connectivity index (χ4n) is 2.81. The van der Waals surface area contributed by atoms with E-state index in [1.165, 1.54) is 24.3 Å². The Bertz CT molecular complexity index is 939. The van der Waals surface area contributed by atoms with Crippen LogP contribution in [-0.4, -0.2) is 30.4 Å². The van der Waals surface area contributed by atoms with E-state index >= 15 is 0 Å². The molecule has 29 heavy (non-hydrogen) atoms. The van der Waals surface area contributed by atoms with Gasteiger partial charge in [0.15, 0.2) is 0 Å². The molecule has 0 saturated carbocycles. The number of halogens is 2. The molecule has 0 radical (unpaired) electrons. The van der Waals surface area contributed by atoms with Crippen LogP contribution in [0.25, 0.3) is 0 Å². The third-order valence-electron chi connectivity index (χ3n) is 4.44. The summed E-state index contributed by atoms with van der Waals surface area (Å²) in [6.07, 6.45) is 2.47. The van der Waals surface area contributed by atoms with E-state index in [0.717, 1.165) is 5.70 Å². The molecule has 3 rings (SSSR count). The molecule has 6 nitrogen and oxygen atoms in total. The summed E-state index contributed by atoms with van der Waals surface area (Å²) in [5.74, 6) is -0.936. The number of nitrogens with one attached hydrogen (secondary N) is 2. The molecule has 0 fully saturated rings. The lowest BCUT2D eigenvalue weighted by molar-refractivity contribution is -0.129. The van der Waals surface area contributed by atoms with Crippen molar-refractivity contribution in [1.29, 1.82) is 5.26 Å². The van der Waals surface area contributed by atoms with Crippen molar-refractivity contribution < 1.29 is 18.4 Å². The summed E-state index contributed by atoms with van der Waals surface area (Å²) in [7, 11) is 0. The topological polar surface area (TPSA) is 77.4 Å². The van der Waals surface area contributed by atoms with E-state index in [9.17, 15) is 13.6 Å². The molecular formula is C21H20F2N4O2. The molecule has 2 aromatic rings. The molecule has 1 heterocycles. The number of hydrogen-bond donors (Lipinski definition) is 2. The van der Waals surface area contributed by atoms with Crippen molar-refractivity contribution in [3.8, 4) is 6.07 Å². The highest BCUT2D eigenvalue weighted by Crippen LogP contribution is 2.13. The highest BCUT2D eigenvalue weighted by atomic mass is 19.1. The van der Waals surface area contributed by atoms with Gasteiger partial charge in [-0.1, -0.05) is 6.07 Å². The van der Waals surface area contributed by atoms with Gasteiger partial charge in [-0.15, -0.1) is 0 Å². The third-order valence-corrected chi connectivity index (χ3v) is 4.44. The molecule has 0 saturated heterocycles. The number of rotatable bonds is 7. The molecule has 150 valence electrons. The van der Waals surface area contributed by atoms with Crippen molar-refractivity contribution in [2.45, 2.75) is 13.0 Å². The van der Waals surface area contributed by atoms with E-state index in [2.05, 4.69) is 10.8 Å². The molecule has 0 aliphatic carbocycles. The van der Waals surface area contributed by atoms with Gasteiger partial charge < -0.3 is 10.2 Å². The van der Waals surface area contributed by atoms with Crippen LogP contribution < -0.4 is 10.8 Å². The SMILES string of the molecule is N#Cc1cc(CONC2=CCN(C(=O)CNc3ccc(F)cc3)CC2)ccc1F. The number of anilines is 1. The molecule has 1 aliphatic rings. The van der Waals surface area contributed by atoms with Gasteiger partial charge in [0, 0.05) is 30.9 Å². The van der Waals surface area contributed by atoms with Crippen molar-refractivity contribution in [3.63, 3.8) is 0 Å². The van der Waals surface area contributed by atoms with Crippen LogP contribution in [0.5, 0.6) is 0 Å². The molecule has 2 aromatic carbocycles. The van der Waals surface area contributed by atoms with Crippen LogP contribution in [0.15, 0.2) is 54.2 Å². The van der Waals surface area contributed by atoms with Crippen molar-refractivity contribution >= 4 is 11.6 Å². The Morgan fingerprint density at radius 1 is 1.21 bits per heavy atom. The van der Waals surface area contributed by atoms with E-state index in [4.69, 9.17) is 10.1 Å². The molecule has 0 spiro atoms. The van der Waals surface area contributed by atoms with Gasteiger partial charge in [-0.05, 0) is 48.0 Å². The van der Waals surface area contributed by atoms with Gasteiger partial charge in [0.2, 0.25) is 5.91 Å². The van der Waals surface area contributed by atoms with Crippen LogP contribution in [0.4, 0.5) is 14.5 Å². The van der Waals surface area contributed by atoms with E-state index in [0.29, 0.717) is 30.8 Å². The van der Waals surface area contributed by atoms with Crippen LogP contribution >= 0.6 is 0 Å². The summed E-state index contributed by atoms with van der Waals surface area (Å²) in [6.45, 7) is 1.30. The maximum Gasteiger partial charge on any atom is 0.242 e. The summed E-state index contributed by atoms with van der Waals surface area (Å²) in [6, 6.07) is 11.9. The van der Waals surface area contributed by atoms with Gasteiger partial charge in [0.1, 0.15) is 17.7 Å². The zero-order valence-electron chi connectivity index (χ0n) is 15.6. The van der Waals surface area contributed by atoms with Gasteiger partial charge in [-0.2, -0.15) is 5.26 Å². The van der Waals surface area contributed by atoms with Gasteiger partial charge in [0.05, 0.1) is 18.7 Å². The quantitative estimate of drug-likeness (QED) is 0.701. The Balaban J connectivity index is 1.41. The molecule has 2 N–H and O–H groups in total. The Kier molecular flexibility index (Phi) is 6.76. The predicted octanol–water partition coefficient (Wildman–Crippen LogP) is 3.09. The van der Waals surface area contributed by atoms with E-state index in [1.807, 2.05) is 6.08 Å². The molecule has 1 aliphatic heterocycles. The molecule has 0 aromatic heterocycles. The Morgan fingerprint density at radius 2 is 2.00 bits per heavy atom. The molecule has 8 heteroatoms. The minimum absolute atomic E-state index is 0.0219. The van der Waals surface area contributed by atoms with E-state index in [-0.39, 0.29) is 30.4 Å². The number of carbonyl (C=O) groups is 1. The normalized spacial score (nSPS) is 13.4. The Hall–Kier alpha value is -3.44. The van der Waals surface area contributed by atoms with Crippen LogP contribution in [0.2, 0.25) is 0 Å². The highest BCUT2D eigenvalue weighted by molar-refractivity contribution is 5.81. The number of nitrogens with zero attached hydrogens (tertiary/aromatic N) is 2. The second kappa shape index (κ2) is 9.66. The second-order valence-corrected chi connectivity index (χ2v) is 6.50. The Labute approximate surface area is 167 Å². The third kappa shape index (κ3) is 5.77.